The molecule has 0 radical (unpaired) electrons. The van der Waals surface area contributed by atoms with E-state index in [0.29, 0.717) is 10.7 Å². The highest BCUT2D eigenvalue weighted by molar-refractivity contribution is 9.10. The number of amides is 1. The van der Waals surface area contributed by atoms with Crippen molar-refractivity contribution < 1.29 is 4.79 Å². The summed E-state index contributed by atoms with van der Waals surface area (Å²) >= 11 is 9.30. The van der Waals surface area contributed by atoms with Gasteiger partial charge >= 0.3 is 0 Å². The number of nitrogens with one attached hydrogen (secondary N) is 1. The van der Waals surface area contributed by atoms with E-state index in [2.05, 4.69) is 21.2 Å². The van der Waals surface area contributed by atoms with Crippen LogP contribution in [-0.4, -0.2) is 11.4 Å². The third-order valence-corrected chi connectivity index (χ3v) is 3.68. The van der Waals surface area contributed by atoms with E-state index in [0.717, 1.165) is 23.7 Å². The maximum atomic E-state index is 11.8. The van der Waals surface area contributed by atoms with Gasteiger partial charge in [0.2, 0.25) is 5.91 Å². The molecule has 0 spiro atoms. The summed E-state index contributed by atoms with van der Waals surface area (Å²) in [7, 11) is 0. The molecule has 1 saturated carbocycles. The zero-order valence-electron chi connectivity index (χ0n) is 8.59. The highest BCUT2D eigenvalue weighted by Gasteiger charge is 2.40. The average Bonchev–Trinajstić information content (AvgIpc) is 2.18. The van der Waals surface area contributed by atoms with E-state index in [-0.39, 0.29) is 5.91 Å². The number of halogens is 2. The number of rotatable bonds is 2. The third-order valence-electron chi connectivity index (χ3n) is 2.88. The van der Waals surface area contributed by atoms with Crippen LogP contribution in [0, 0.1) is 0 Å². The van der Waals surface area contributed by atoms with Gasteiger partial charge in [-0.3, -0.25) is 4.79 Å². The van der Waals surface area contributed by atoms with Gasteiger partial charge in [-0.15, -0.1) is 0 Å². The van der Waals surface area contributed by atoms with E-state index in [9.17, 15) is 4.79 Å². The number of anilines is 1. The standard InChI is InChI=1S/C11H12BrClN2O/c12-7-2-3-9(8(13)6-7)15-10(16)11(14)4-1-5-11/h2-3,6H,1,4-5,14H2,(H,15,16). The van der Waals surface area contributed by atoms with Crippen molar-refractivity contribution in [3.8, 4) is 0 Å². The molecule has 3 N–H and O–H groups in total. The minimum Gasteiger partial charge on any atom is -0.323 e. The molecule has 0 atom stereocenters. The van der Waals surface area contributed by atoms with Gasteiger partial charge in [0.1, 0.15) is 0 Å². The summed E-state index contributed by atoms with van der Waals surface area (Å²) in [6.07, 6.45) is 2.50. The molecular formula is C11H12BrClN2O. The Morgan fingerprint density at radius 3 is 2.69 bits per heavy atom. The second kappa shape index (κ2) is 4.35. The Bertz CT molecular complexity index is 432. The topological polar surface area (TPSA) is 55.1 Å². The molecule has 3 nitrogen and oxygen atoms in total. The van der Waals surface area contributed by atoms with Crippen LogP contribution in [0.4, 0.5) is 5.69 Å². The molecular weight excluding hydrogens is 291 g/mol. The zero-order valence-corrected chi connectivity index (χ0v) is 10.9. The van der Waals surface area contributed by atoms with Crippen LogP contribution < -0.4 is 11.1 Å². The van der Waals surface area contributed by atoms with Crippen molar-refractivity contribution in [3.63, 3.8) is 0 Å². The predicted octanol–water partition coefficient (Wildman–Crippen LogP) is 2.92. The van der Waals surface area contributed by atoms with Crippen LogP contribution >= 0.6 is 27.5 Å². The first-order chi connectivity index (χ1) is 7.51. The normalized spacial score (nSPS) is 17.7. The van der Waals surface area contributed by atoms with Crippen molar-refractivity contribution in [2.45, 2.75) is 24.8 Å². The Morgan fingerprint density at radius 1 is 1.50 bits per heavy atom. The zero-order chi connectivity index (χ0) is 11.8. The van der Waals surface area contributed by atoms with Gasteiger partial charge in [-0.2, -0.15) is 0 Å². The molecule has 0 unspecified atom stereocenters. The molecule has 0 heterocycles. The van der Waals surface area contributed by atoms with Crippen LogP contribution in [0.2, 0.25) is 5.02 Å². The SMILES string of the molecule is NC1(C(=O)Nc2ccc(Br)cc2Cl)CCC1. The second-order valence-corrected chi connectivity index (χ2v) is 5.41. The Labute approximate surface area is 107 Å². The molecule has 5 heteroatoms. The molecule has 86 valence electrons. The number of benzene rings is 1. The fourth-order valence-electron chi connectivity index (χ4n) is 1.62. The van der Waals surface area contributed by atoms with Crippen LogP contribution in [0.25, 0.3) is 0 Å². The van der Waals surface area contributed by atoms with Gasteiger partial charge in [-0.25, -0.2) is 0 Å². The van der Waals surface area contributed by atoms with Crippen molar-refractivity contribution in [1.82, 2.24) is 0 Å². The van der Waals surface area contributed by atoms with Gasteiger partial charge in [-0.1, -0.05) is 27.5 Å². The predicted molar refractivity (Wildman–Crippen MR) is 68.6 cm³/mol. The molecule has 0 saturated heterocycles. The lowest BCUT2D eigenvalue weighted by atomic mass is 9.77. The summed E-state index contributed by atoms with van der Waals surface area (Å²) in [4.78, 5) is 11.8. The van der Waals surface area contributed by atoms with Gasteiger partial charge in [0, 0.05) is 4.47 Å². The fourth-order valence-corrected chi connectivity index (χ4v) is 2.34. The lowest BCUT2D eigenvalue weighted by Crippen LogP contribution is -2.56. The van der Waals surface area contributed by atoms with Crippen molar-refractivity contribution in [2.24, 2.45) is 5.73 Å². The first-order valence-corrected chi connectivity index (χ1v) is 6.24. The number of hydrogen-bond donors (Lipinski definition) is 2. The largest absolute Gasteiger partial charge is 0.323 e. The van der Waals surface area contributed by atoms with E-state index < -0.39 is 5.54 Å². The van der Waals surface area contributed by atoms with E-state index in [1.54, 1.807) is 12.1 Å². The van der Waals surface area contributed by atoms with Gasteiger partial charge in [0.05, 0.1) is 16.2 Å². The maximum absolute atomic E-state index is 11.8. The Morgan fingerprint density at radius 2 is 2.19 bits per heavy atom. The van der Waals surface area contributed by atoms with Crippen LogP contribution in [-0.2, 0) is 4.79 Å². The Kier molecular flexibility index (Phi) is 3.24. The maximum Gasteiger partial charge on any atom is 0.244 e. The minimum atomic E-state index is -0.698. The number of nitrogens with two attached hydrogens (primary N) is 1. The lowest BCUT2D eigenvalue weighted by molar-refractivity contribution is -0.123. The smallest absolute Gasteiger partial charge is 0.244 e. The molecule has 0 aromatic heterocycles. The van der Waals surface area contributed by atoms with Crippen molar-refractivity contribution in [3.05, 3.63) is 27.7 Å². The summed E-state index contributed by atoms with van der Waals surface area (Å²) < 4.78 is 0.876. The third kappa shape index (κ3) is 2.24. The first kappa shape index (κ1) is 11.9. The van der Waals surface area contributed by atoms with E-state index >= 15 is 0 Å². The van der Waals surface area contributed by atoms with Gasteiger partial charge in [0.25, 0.3) is 0 Å². The van der Waals surface area contributed by atoms with Crippen molar-refractivity contribution >= 4 is 39.1 Å². The number of carbonyl (C=O) groups is 1. The summed E-state index contributed by atoms with van der Waals surface area (Å²) in [6.45, 7) is 0. The molecule has 16 heavy (non-hydrogen) atoms. The first-order valence-electron chi connectivity index (χ1n) is 5.07. The fraction of sp³-hybridized carbons (Fsp3) is 0.364. The van der Waals surface area contributed by atoms with Gasteiger partial charge < -0.3 is 11.1 Å². The molecule has 1 aromatic rings. The summed E-state index contributed by atoms with van der Waals surface area (Å²) in [5.41, 5.74) is 5.82. The summed E-state index contributed by atoms with van der Waals surface area (Å²) in [5.74, 6) is -0.150. The van der Waals surface area contributed by atoms with Crippen LogP contribution in [0.3, 0.4) is 0 Å². The molecule has 0 bridgehead atoms. The van der Waals surface area contributed by atoms with E-state index in [4.69, 9.17) is 17.3 Å². The molecule has 0 aliphatic heterocycles. The molecule has 1 aliphatic rings. The van der Waals surface area contributed by atoms with E-state index in [1.807, 2.05) is 6.07 Å². The van der Waals surface area contributed by atoms with Crippen LogP contribution in [0.15, 0.2) is 22.7 Å². The quantitative estimate of drug-likeness (QED) is 0.882. The van der Waals surface area contributed by atoms with E-state index in [1.165, 1.54) is 0 Å². The van der Waals surface area contributed by atoms with Crippen LogP contribution in [0.5, 0.6) is 0 Å². The minimum absolute atomic E-state index is 0.150. The lowest BCUT2D eigenvalue weighted by Gasteiger charge is -2.36. The summed E-state index contributed by atoms with van der Waals surface area (Å²) in [6, 6.07) is 5.32. The number of hydrogen-bond acceptors (Lipinski definition) is 2. The Hall–Kier alpha value is -0.580. The van der Waals surface area contributed by atoms with Gasteiger partial charge in [-0.05, 0) is 37.5 Å². The van der Waals surface area contributed by atoms with Crippen LogP contribution in [0.1, 0.15) is 19.3 Å². The Balaban J connectivity index is 2.12. The monoisotopic (exact) mass is 302 g/mol. The van der Waals surface area contributed by atoms with Crippen molar-refractivity contribution in [2.75, 3.05) is 5.32 Å². The number of carbonyl (C=O) groups excluding carboxylic acids is 1. The molecule has 2 rings (SSSR count). The van der Waals surface area contributed by atoms with Crippen molar-refractivity contribution in [1.29, 1.82) is 0 Å². The molecule has 1 amide bonds. The molecule has 1 aromatic carbocycles. The molecule has 1 aliphatic carbocycles. The summed E-state index contributed by atoms with van der Waals surface area (Å²) in [5, 5.41) is 3.27. The highest BCUT2D eigenvalue weighted by atomic mass is 79.9. The molecule has 1 fully saturated rings. The second-order valence-electron chi connectivity index (χ2n) is 4.09. The van der Waals surface area contributed by atoms with Gasteiger partial charge in [0.15, 0.2) is 0 Å². The average molecular weight is 304 g/mol. The highest BCUT2D eigenvalue weighted by Crippen LogP contribution is 2.32.